The van der Waals surface area contributed by atoms with Crippen molar-refractivity contribution in [1.29, 1.82) is 0 Å². The van der Waals surface area contributed by atoms with E-state index in [1.54, 1.807) is 12.3 Å². The zero-order valence-corrected chi connectivity index (χ0v) is 20.1. The average Bonchev–Trinajstić information content (AvgIpc) is 3.30. The summed E-state index contributed by atoms with van der Waals surface area (Å²) in [6.45, 7) is 16.5. The summed E-state index contributed by atoms with van der Waals surface area (Å²) >= 11 is 0. The number of benzene rings is 1. The van der Waals surface area contributed by atoms with Crippen molar-refractivity contribution in [2.75, 3.05) is 42.9 Å². The first-order valence-electron chi connectivity index (χ1n) is 11.8. The Morgan fingerprint density at radius 3 is 2.64 bits per heavy atom. The minimum atomic E-state index is -0.690. The standard InChI is InChI=1S/C26H25F2N7O/c1-4-34-7-9-35(10-8-34)17-5-6-22(30-14-17)33-25-24(29-3)26(32-15-31-25)36-21-13-20(27)18-11-16(2)12-19(18)23(21)28/h5-6,12-15H,4,7-11H2,1-2H3,(H,30,31,32,33). The fourth-order valence-electron chi connectivity index (χ4n) is 4.46. The summed E-state index contributed by atoms with van der Waals surface area (Å²) in [5.41, 5.74) is 2.28. The van der Waals surface area contributed by atoms with E-state index < -0.39 is 11.6 Å². The largest absolute Gasteiger partial charge is 0.446 e. The highest BCUT2D eigenvalue weighted by atomic mass is 19.1. The van der Waals surface area contributed by atoms with Gasteiger partial charge in [0.1, 0.15) is 23.8 Å². The van der Waals surface area contributed by atoms with Gasteiger partial charge in [0.05, 0.1) is 18.5 Å². The highest BCUT2D eigenvalue weighted by molar-refractivity contribution is 5.75. The fourth-order valence-corrected chi connectivity index (χ4v) is 4.46. The average molecular weight is 490 g/mol. The Bertz CT molecular complexity index is 1360. The van der Waals surface area contributed by atoms with Crippen LogP contribution in [0.5, 0.6) is 11.6 Å². The lowest BCUT2D eigenvalue weighted by Crippen LogP contribution is -2.46. The number of halogens is 2. The Morgan fingerprint density at radius 2 is 1.94 bits per heavy atom. The Morgan fingerprint density at radius 1 is 1.14 bits per heavy atom. The maximum Gasteiger partial charge on any atom is 0.288 e. The number of fused-ring (bicyclic) bond motifs is 1. The van der Waals surface area contributed by atoms with Crippen LogP contribution < -0.4 is 15.0 Å². The molecule has 1 N–H and O–H groups in total. The highest BCUT2D eigenvalue weighted by Gasteiger charge is 2.24. The number of allylic oxidation sites excluding steroid dienone is 1. The summed E-state index contributed by atoms with van der Waals surface area (Å²) in [4.78, 5) is 20.8. The third kappa shape index (κ3) is 4.57. The molecule has 1 saturated heterocycles. The normalized spacial score (nSPS) is 15.3. The Hall–Kier alpha value is -4.10. The molecule has 1 aliphatic carbocycles. The van der Waals surface area contributed by atoms with Gasteiger partial charge in [-0.25, -0.2) is 28.6 Å². The van der Waals surface area contributed by atoms with Crippen molar-refractivity contribution >= 4 is 29.1 Å². The lowest BCUT2D eigenvalue weighted by molar-refractivity contribution is 0.271. The Kier molecular flexibility index (Phi) is 6.48. The molecule has 0 unspecified atom stereocenters. The van der Waals surface area contributed by atoms with Gasteiger partial charge in [-0.2, -0.15) is 0 Å². The minimum absolute atomic E-state index is 0.0638. The van der Waals surface area contributed by atoms with E-state index in [0.29, 0.717) is 17.8 Å². The number of nitrogens with zero attached hydrogens (tertiary/aromatic N) is 6. The van der Waals surface area contributed by atoms with Gasteiger partial charge < -0.3 is 19.9 Å². The van der Waals surface area contributed by atoms with Gasteiger partial charge in [-0.1, -0.05) is 18.6 Å². The molecule has 2 aromatic heterocycles. The van der Waals surface area contributed by atoms with Crippen LogP contribution >= 0.6 is 0 Å². The lowest BCUT2D eigenvalue weighted by Gasteiger charge is -2.35. The Balaban J connectivity index is 1.35. The molecule has 36 heavy (non-hydrogen) atoms. The van der Waals surface area contributed by atoms with Crippen molar-refractivity contribution in [3.8, 4) is 11.6 Å². The van der Waals surface area contributed by atoms with Crippen LogP contribution in [-0.2, 0) is 6.42 Å². The molecule has 0 atom stereocenters. The molecule has 3 aromatic rings. The number of pyridine rings is 1. The monoisotopic (exact) mass is 489 g/mol. The van der Waals surface area contributed by atoms with Gasteiger partial charge in [-0.3, -0.25) is 0 Å². The number of likely N-dealkylation sites (N-methyl/N-ethyl adjacent to an activating group) is 1. The quantitative estimate of drug-likeness (QED) is 0.469. The molecule has 0 radical (unpaired) electrons. The van der Waals surface area contributed by atoms with Crippen molar-refractivity contribution in [3.05, 3.63) is 70.5 Å². The molecular formula is C26H25F2N7O. The first kappa shape index (κ1) is 23.6. The maximum absolute atomic E-state index is 15.0. The third-order valence-corrected chi connectivity index (χ3v) is 6.46. The molecule has 10 heteroatoms. The molecule has 2 aliphatic rings. The number of hydrogen-bond acceptors (Lipinski definition) is 7. The first-order chi connectivity index (χ1) is 17.5. The number of ether oxygens (including phenoxy) is 1. The number of aromatic nitrogens is 3. The van der Waals surface area contributed by atoms with Crippen molar-refractivity contribution in [2.24, 2.45) is 0 Å². The van der Waals surface area contributed by atoms with E-state index >= 15 is 4.39 Å². The molecule has 0 amide bonds. The smallest absolute Gasteiger partial charge is 0.288 e. The number of hydrogen-bond donors (Lipinski definition) is 1. The van der Waals surface area contributed by atoms with Gasteiger partial charge in [0.15, 0.2) is 11.6 Å². The van der Waals surface area contributed by atoms with E-state index in [0.717, 1.165) is 50.1 Å². The SMILES string of the molecule is [C-]#[N+]c1c(Nc2ccc(N3CCN(CC)CC3)cn2)ncnc1Oc1cc(F)c2c(c1F)C=C(C)C2. The topological polar surface area (TPSA) is 70.8 Å². The molecular weight excluding hydrogens is 464 g/mol. The number of anilines is 3. The van der Waals surface area contributed by atoms with Gasteiger partial charge in [0.2, 0.25) is 5.88 Å². The Labute approximate surface area is 208 Å². The van der Waals surface area contributed by atoms with E-state index in [1.165, 1.54) is 6.33 Å². The second-order valence-corrected chi connectivity index (χ2v) is 8.77. The molecule has 1 aromatic carbocycles. The zero-order chi connectivity index (χ0) is 25.2. The van der Waals surface area contributed by atoms with Crippen LogP contribution in [0, 0.1) is 18.2 Å². The predicted octanol–water partition coefficient (Wildman–Crippen LogP) is 5.34. The van der Waals surface area contributed by atoms with Crippen LogP contribution in [-0.4, -0.2) is 52.6 Å². The second-order valence-electron chi connectivity index (χ2n) is 8.77. The van der Waals surface area contributed by atoms with Crippen molar-refractivity contribution in [1.82, 2.24) is 19.9 Å². The molecule has 1 aliphatic heterocycles. The number of nitrogens with one attached hydrogen (secondary N) is 1. The molecule has 3 heterocycles. The third-order valence-electron chi connectivity index (χ3n) is 6.46. The van der Waals surface area contributed by atoms with E-state index in [-0.39, 0.29) is 28.7 Å². The van der Waals surface area contributed by atoms with E-state index in [4.69, 9.17) is 11.3 Å². The van der Waals surface area contributed by atoms with Crippen LogP contribution in [0.3, 0.4) is 0 Å². The van der Waals surface area contributed by atoms with Gasteiger partial charge in [-0.05, 0) is 32.0 Å². The minimum Gasteiger partial charge on any atom is -0.446 e. The van der Waals surface area contributed by atoms with E-state index in [1.807, 2.05) is 19.1 Å². The van der Waals surface area contributed by atoms with Gasteiger partial charge >= 0.3 is 0 Å². The second kappa shape index (κ2) is 9.87. The molecule has 8 nitrogen and oxygen atoms in total. The van der Waals surface area contributed by atoms with E-state index in [2.05, 4.69) is 41.8 Å². The van der Waals surface area contributed by atoms with Crippen LogP contribution in [0.15, 0.2) is 36.3 Å². The molecule has 0 spiro atoms. The first-order valence-corrected chi connectivity index (χ1v) is 11.8. The molecule has 184 valence electrons. The summed E-state index contributed by atoms with van der Waals surface area (Å²) in [6, 6.07) is 4.76. The van der Waals surface area contributed by atoms with Crippen LogP contribution in [0.25, 0.3) is 10.9 Å². The molecule has 0 bridgehead atoms. The summed E-state index contributed by atoms with van der Waals surface area (Å²) in [5.74, 6) is -1.13. The molecule has 5 rings (SSSR count). The number of piperazine rings is 1. The summed E-state index contributed by atoms with van der Waals surface area (Å²) in [6.07, 6.45) is 4.92. The van der Waals surface area contributed by atoms with Crippen molar-refractivity contribution in [3.63, 3.8) is 0 Å². The van der Waals surface area contributed by atoms with Crippen molar-refractivity contribution < 1.29 is 13.5 Å². The zero-order valence-electron chi connectivity index (χ0n) is 20.1. The van der Waals surface area contributed by atoms with Crippen LogP contribution in [0.1, 0.15) is 25.0 Å². The predicted molar refractivity (Wildman–Crippen MR) is 134 cm³/mol. The summed E-state index contributed by atoms with van der Waals surface area (Å²) in [7, 11) is 0. The van der Waals surface area contributed by atoms with E-state index in [9.17, 15) is 4.39 Å². The van der Waals surface area contributed by atoms with Gasteiger partial charge in [-0.15, -0.1) is 0 Å². The van der Waals surface area contributed by atoms with Crippen molar-refractivity contribution in [2.45, 2.75) is 20.3 Å². The lowest BCUT2D eigenvalue weighted by atomic mass is 10.1. The number of rotatable bonds is 6. The molecule has 1 fully saturated rings. The van der Waals surface area contributed by atoms with Gasteiger partial charge in [0, 0.05) is 43.4 Å². The highest BCUT2D eigenvalue weighted by Crippen LogP contribution is 2.40. The van der Waals surface area contributed by atoms with Gasteiger partial charge in [0.25, 0.3) is 5.69 Å². The maximum atomic E-state index is 15.0. The van der Waals surface area contributed by atoms with Crippen LogP contribution in [0.4, 0.5) is 31.8 Å². The molecule has 0 saturated carbocycles. The summed E-state index contributed by atoms with van der Waals surface area (Å²) < 4.78 is 35.2. The van der Waals surface area contributed by atoms with Crippen LogP contribution in [0.2, 0.25) is 0 Å². The summed E-state index contributed by atoms with van der Waals surface area (Å²) in [5, 5.41) is 3.01. The fraction of sp³-hybridized carbons (Fsp3) is 0.308.